The van der Waals surface area contributed by atoms with E-state index < -0.39 is 0 Å². The first-order valence-electron chi connectivity index (χ1n) is 9.29. The Morgan fingerprint density at radius 1 is 1.34 bits per heavy atom. The molecule has 1 aliphatic heterocycles. The normalized spacial score (nSPS) is 12.9. The van der Waals surface area contributed by atoms with Crippen LogP contribution in [-0.4, -0.2) is 34.3 Å². The Hall–Kier alpha value is -3.86. The number of fused-ring (bicyclic) bond motifs is 1. The summed E-state index contributed by atoms with van der Waals surface area (Å²) < 4.78 is 1.82. The summed E-state index contributed by atoms with van der Waals surface area (Å²) in [5.41, 5.74) is 5.09. The van der Waals surface area contributed by atoms with E-state index in [0.717, 1.165) is 34.0 Å². The van der Waals surface area contributed by atoms with E-state index in [9.17, 15) is 10.1 Å². The minimum absolute atomic E-state index is 0.0315. The number of carbonyl (C=O) groups is 1. The van der Waals surface area contributed by atoms with Crippen molar-refractivity contribution in [1.29, 1.82) is 5.26 Å². The van der Waals surface area contributed by atoms with Crippen LogP contribution in [0.15, 0.2) is 42.7 Å². The Morgan fingerprint density at radius 3 is 3.00 bits per heavy atom. The molecule has 1 aromatic carbocycles. The summed E-state index contributed by atoms with van der Waals surface area (Å²) >= 11 is 0. The third kappa shape index (κ3) is 3.89. The molecule has 0 fully saturated rings. The average Bonchev–Trinajstić information content (AvgIpc) is 3.15. The number of carbonyl (C=O) groups excluding carboxylic acids is 1. The quantitative estimate of drug-likeness (QED) is 0.698. The van der Waals surface area contributed by atoms with Gasteiger partial charge in [0.25, 0.3) is 0 Å². The molecule has 8 nitrogen and oxygen atoms in total. The molecule has 146 valence electrons. The van der Waals surface area contributed by atoms with Crippen molar-refractivity contribution in [3.05, 3.63) is 65.1 Å². The molecule has 3 heterocycles. The lowest BCUT2D eigenvalue weighted by Crippen LogP contribution is -2.36. The number of anilines is 3. The molecule has 2 N–H and O–H groups in total. The van der Waals surface area contributed by atoms with E-state index in [4.69, 9.17) is 0 Å². The van der Waals surface area contributed by atoms with Crippen molar-refractivity contribution in [2.45, 2.75) is 20.0 Å². The van der Waals surface area contributed by atoms with Crippen LogP contribution >= 0.6 is 0 Å². The number of rotatable bonds is 5. The highest BCUT2D eigenvalue weighted by Crippen LogP contribution is 2.32. The van der Waals surface area contributed by atoms with Crippen molar-refractivity contribution in [2.24, 2.45) is 0 Å². The number of nitrogens with one attached hydrogen (secondary N) is 2. The lowest BCUT2D eigenvalue weighted by atomic mass is 10.1. The molecule has 2 aromatic heterocycles. The summed E-state index contributed by atoms with van der Waals surface area (Å²) in [7, 11) is 1.89. The second-order valence-electron chi connectivity index (χ2n) is 7.06. The molecule has 0 aliphatic carbocycles. The molecule has 1 amide bonds. The molecule has 4 rings (SSSR count). The van der Waals surface area contributed by atoms with Crippen LogP contribution in [0.1, 0.15) is 22.4 Å². The molecular weight excluding hydrogens is 366 g/mol. The van der Waals surface area contributed by atoms with Crippen LogP contribution < -0.4 is 15.5 Å². The summed E-state index contributed by atoms with van der Waals surface area (Å²) in [5, 5.41) is 19.8. The Kier molecular flexibility index (Phi) is 4.87. The van der Waals surface area contributed by atoms with Crippen LogP contribution in [0.3, 0.4) is 0 Å². The van der Waals surface area contributed by atoms with Gasteiger partial charge in [0.15, 0.2) is 0 Å². The van der Waals surface area contributed by atoms with E-state index in [-0.39, 0.29) is 5.91 Å². The number of amides is 1. The zero-order valence-electron chi connectivity index (χ0n) is 16.3. The number of likely N-dealkylation sites (N-methyl/N-ethyl adjacent to an activating group) is 1. The third-order valence-electron chi connectivity index (χ3n) is 4.87. The lowest BCUT2D eigenvalue weighted by molar-refractivity contribution is -0.115. The molecule has 1 aliphatic rings. The molecule has 8 heteroatoms. The highest BCUT2D eigenvalue weighted by Gasteiger charge is 2.22. The van der Waals surface area contributed by atoms with Crippen molar-refractivity contribution >= 4 is 23.1 Å². The largest absolute Gasteiger partial charge is 0.366 e. The number of aryl methyl sites for hydroxylation is 1. The van der Waals surface area contributed by atoms with Crippen molar-refractivity contribution < 1.29 is 4.79 Å². The maximum absolute atomic E-state index is 11.7. The van der Waals surface area contributed by atoms with Gasteiger partial charge < -0.3 is 15.5 Å². The molecule has 0 saturated heterocycles. The predicted octanol–water partition coefficient (Wildman–Crippen LogP) is 2.51. The van der Waals surface area contributed by atoms with E-state index in [0.29, 0.717) is 25.2 Å². The van der Waals surface area contributed by atoms with Gasteiger partial charge in [-0.2, -0.15) is 10.4 Å². The van der Waals surface area contributed by atoms with Crippen molar-refractivity contribution in [3.8, 4) is 6.07 Å². The van der Waals surface area contributed by atoms with E-state index in [2.05, 4.69) is 26.8 Å². The van der Waals surface area contributed by atoms with Gasteiger partial charge in [-0.05, 0) is 18.6 Å². The molecule has 0 atom stereocenters. The van der Waals surface area contributed by atoms with Gasteiger partial charge in [0.2, 0.25) is 5.91 Å². The zero-order valence-corrected chi connectivity index (χ0v) is 16.3. The smallest absolute Gasteiger partial charge is 0.243 e. The summed E-state index contributed by atoms with van der Waals surface area (Å²) in [5.74, 6) is 0.711. The summed E-state index contributed by atoms with van der Waals surface area (Å²) in [6.45, 7) is 3.33. The van der Waals surface area contributed by atoms with Crippen LogP contribution in [0.4, 0.5) is 17.2 Å². The lowest BCUT2D eigenvalue weighted by Gasteiger charge is -2.28. The number of hydrogen-bond acceptors (Lipinski definition) is 6. The minimum Gasteiger partial charge on any atom is -0.366 e. The Morgan fingerprint density at radius 2 is 2.17 bits per heavy atom. The van der Waals surface area contributed by atoms with Gasteiger partial charge >= 0.3 is 0 Å². The van der Waals surface area contributed by atoms with Gasteiger partial charge in [-0.1, -0.05) is 18.2 Å². The topological polar surface area (TPSA) is 98.9 Å². The second kappa shape index (κ2) is 7.64. The number of pyridine rings is 1. The molecule has 3 aromatic rings. The van der Waals surface area contributed by atoms with Gasteiger partial charge in [0.05, 0.1) is 48.0 Å². The molecular formula is C21H21N7O. The number of aromatic nitrogens is 3. The number of nitrogens with zero attached hydrogens (tertiary/aromatic N) is 5. The van der Waals surface area contributed by atoms with Crippen molar-refractivity contribution in [3.63, 3.8) is 0 Å². The maximum Gasteiger partial charge on any atom is 0.243 e. The number of nitriles is 1. The summed E-state index contributed by atoms with van der Waals surface area (Å²) in [6, 6.07) is 11.7. The Bertz CT molecular complexity index is 1110. The van der Waals surface area contributed by atoms with E-state index in [1.807, 2.05) is 60.1 Å². The van der Waals surface area contributed by atoms with E-state index in [1.165, 1.54) is 0 Å². The highest BCUT2D eigenvalue weighted by molar-refractivity contribution is 6.02. The van der Waals surface area contributed by atoms with Gasteiger partial charge in [0, 0.05) is 31.4 Å². The van der Waals surface area contributed by atoms with E-state index in [1.54, 1.807) is 6.20 Å². The zero-order chi connectivity index (χ0) is 20.4. The fraction of sp³-hybridized carbons (Fsp3) is 0.238. The molecule has 0 radical (unpaired) electrons. The minimum atomic E-state index is -0.0315. The molecule has 29 heavy (non-hydrogen) atoms. The SMILES string of the molecule is Cc1nc(NCc2cnn(Cc3ccccc3C#N)c2)cc2c1NC(=O)CN2C. The van der Waals surface area contributed by atoms with Gasteiger partial charge in [-0.3, -0.25) is 9.48 Å². The Labute approximate surface area is 168 Å². The highest BCUT2D eigenvalue weighted by atomic mass is 16.2. The van der Waals surface area contributed by atoms with Gasteiger partial charge in [-0.25, -0.2) is 4.98 Å². The van der Waals surface area contributed by atoms with Gasteiger partial charge in [-0.15, -0.1) is 0 Å². The average molecular weight is 387 g/mol. The molecule has 0 unspecified atom stereocenters. The van der Waals surface area contributed by atoms with Crippen LogP contribution in [0.2, 0.25) is 0 Å². The van der Waals surface area contributed by atoms with E-state index >= 15 is 0 Å². The van der Waals surface area contributed by atoms with Crippen LogP contribution in [0.25, 0.3) is 0 Å². The number of hydrogen-bond donors (Lipinski definition) is 2. The second-order valence-corrected chi connectivity index (χ2v) is 7.06. The van der Waals surface area contributed by atoms with Gasteiger partial charge in [0.1, 0.15) is 5.82 Å². The molecule has 0 bridgehead atoms. The summed E-state index contributed by atoms with van der Waals surface area (Å²) in [6.07, 6.45) is 3.76. The maximum atomic E-state index is 11.7. The third-order valence-corrected chi connectivity index (χ3v) is 4.87. The monoisotopic (exact) mass is 387 g/mol. The van der Waals surface area contributed by atoms with Crippen LogP contribution in [0.5, 0.6) is 0 Å². The first kappa shape index (κ1) is 18.5. The Balaban J connectivity index is 1.45. The van der Waals surface area contributed by atoms with Crippen molar-refractivity contribution in [2.75, 3.05) is 29.1 Å². The number of benzene rings is 1. The summed E-state index contributed by atoms with van der Waals surface area (Å²) in [4.78, 5) is 18.2. The standard InChI is InChI=1S/C21H21N7O/c1-14-21-18(27(2)13-20(29)26-21)7-19(25-14)23-9-15-10-24-28(11-15)12-17-6-4-3-5-16(17)8-22/h3-7,10-11H,9,12-13H2,1-2H3,(H,23,25)(H,26,29). The van der Waals surface area contributed by atoms with Crippen LogP contribution in [0, 0.1) is 18.3 Å². The fourth-order valence-corrected chi connectivity index (χ4v) is 3.40. The first-order valence-corrected chi connectivity index (χ1v) is 9.29. The fourth-order valence-electron chi connectivity index (χ4n) is 3.40. The van der Waals surface area contributed by atoms with Crippen molar-refractivity contribution in [1.82, 2.24) is 14.8 Å². The molecule has 0 saturated carbocycles. The predicted molar refractivity (Wildman–Crippen MR) is 111 cm³/mol. The first-order chi connectivity index (χ1) is 14.0. The molecule has 0 spiro atoms. The van der Waals surface area contributed by atoms with Crippen LogP contribution in [-0.2, 0) is 17.9 Å².